The average Bonchev–Trinajstić information content (AvgIpc) is 3.03. The number of nitrogens with zero attached hydrogens (tertiary/aromatic N) is 3. The van der Waals surface area contributed by atoms with Gasteiger partial charge in [0.05, 0.1) is 28.6 Å². The van der Waals surface area contributed by atoms with Crippen LogP contribution in [0.25, 0.3) is 5.57 Å². The van der Waals surface area contributed by atoms with Crippen molar-refractivity contribution in [1.82, 2.24) is 9.97 Å². The topological polar surface area (TPSA) is 78.4 Å². The zero-order valence-electron chi connectivity index (χ0n) is 18.1. The summed E-state index contributed by atoms with van der Waals surface area (Å²) in [4.78, 5) is 12.7. The van der Waals surface area contributed by atoms with Gasteiger partial charge in [-0.15, -0.1) is 0 Å². The molecule has 1 aromatic carbocycles. The van der Waals surface area contributed by atoms with Crippen LogP contribution in [0.4, 0.5) is 11.8 Å². The molecule has 1 aliphatic carbocycles. The first kappa shape index (κ1) is 21.9. The Balaban J connectivity index is 1.42. The van der Waals surface area contributed by atoms with Crippen molar-refractivity contribution >= 4 is 39.7 Å². The third-order valence-corrected chi connectivity index (χ3v) is 8.63. The summed E-state index contributed by atoms with van der Waals surface area (Å²) in [6.07, 6.45) is 8.70. The molecule has 8 heteroatoms. The number of aryl methyl sites for hydroxylation is 1. The van der Waals surface area contributed by atoms with Crippen LogP contribution in [0.3, 0.4) is 0 Å². The van der Waals surface area contributed by atoms with Gasteiger partial charge in [-0.05, 0) is 68.2 Å². The van der Waals surface area contributed by atoms with Gasteiger partial charge in [0.15, 0.2) is 0 Å². The molecule has 2 aromatic rings. The Kier molecular flexibility index (Phi) is 6.23. The SMILES string of the molecule is O=[S@]1CCCc2nc(N3CCC=C(c4ccc(Cl)cc4)CC3)nc(NC3(CO)CCC3)c21. The normalized spacial score (nSPS) is 22.4. The van der Waals surface area contributed by atoms with E-state index in [-0.39, 0.29) is 12.1 Å². The number of fused-ring (bicyclic) bond motifs is 1. The monoisotopic (exact) mass is 472 g/mol. The molecule has 3 heterocycles. The molecule has 5 rings (SSSR count). The van der Waals surface area contributed by atoms with Crippen molar-refractivity contribution < 1.29 is 9.32 Å². The molecule has 0 unspecified atom stereocenters. The van der Waals surface area contributed by atoms with Crippen molar-refractivity contribution in [3.8, 4) is 0 Å². The number of halogens is 1. The highest BCUT2D eigenvalue weighted by atomic mass is 35.5. The van der Waals surface area contributed by atoms with Crippen LogP contribution in [-0.2, 0) is 17.2 Å². The molecule has 1 atom stereocenters. The molecule has 1 saturated carbocycles. The van der Waals surface area contributed by atoms with Gasteiger partial charge in [-0.2, -0.15) is 4.98 Å². The second-order valence-corrected chi connectivity index (χ2v) is 10.9. The average molecular weight is 473 g/mol. The van der Waals surface area contributed by atoms with Crippen LogP contribution < -0.4 is 10.2 Å². The van der Waals surface area contributed by atoms with Gasteiger partial charge in [0, 0.05) is 23.9 Å². The summed E-state index contributed by atoms with van der Waals surface area (Å²) in [5.74, 6) is 2.00. The Morgan fingerprint density at radius 3 is 2.66 bits per heavy atom. The summed E-state index contributed by atoms with van der Waals surface area (Å²) in [6, 6.07) is 8.01. The smallest absolute Gasteiger partial charge is 0.227 e. The minimum atomic E-state index is -1.10. The third-order valence-electron chi connectivity index (χ3n) is 6.83. The number of nitrogens with one attached hydrogen (secondary N) is 1. The summed E-state index contributed by atoms with van der Waals surface area (Å²) in [5, 5.41) is 14.2. The van der Waals surface area contributed by atoms with Crippen molar-refractivity contribution in [2.75, 3.05) is 35.7 Å². The minimum Gasteiger partial charge on any atom is -0.394 e. The lowest BCUT2D eigenvalue weighted by Gasteiger charge is -2.42. The summed E-state index contributed by atoms with van der Waals surface area (Å²) in [7, 11) is -1.10. The van der Waals surface area contributed by atoms with Crippen molar-refractivity contribution in [3.63, 3.8) is 0 Å². The lowest BCUT2D eigenvalue weighted by atomic mass is 9.77. The fraction of sp³-hybridized carbons (Fsp3) is 0.500. The zero-order valence-corrected chi connectivity index (χ0v) is 19.7. The Bertz CT molecular complexity index is 1050. The molecule has 1 aromatic heterocycles. The van der Waals surface area contributed by atoms with Crippen LogP contribution >= 0.6 is 11.6 Å². The Hall–Kier alpha value is -1.96. The molecule has 2 aliphatic heterocycles. The highest BCUT2D eigenvalue weighted by Gasteiger charge is 2.38. The molecule has 1 fully saturated rings. The molecule has 6 nitrogen and oxygen atoms in total. The highest BCUT2D eigenvalue weighted by molar-refractivity contribution is 7.85. The second kappa shape index (κ2) is 9.12. The van der Waals surface area contributed by atoms with E-state index in [2.05, 4.69) is 28.4 Å². The number of rotatable bonds is 5. The molecule has 32 heavy (non-hydrogen) atoms. The lowest BCUT2D eigenvalue weighted by Crippen LogP contribution is -2.49. The molecule has 0 saturated heterocycles. The Morgan fingerprint density at radius 1 is 1.12 bits per heavy atom. The fourth-order valence-electron chi connectivity index (χ4n) is 4.76. The Labute approximate surface area is 196 Å². The predicted molar refractivity (Wildman–Crippen MR) is 130 cm³/mol. The van der Waals surface area contributed by atoms with Gasteiger partial charge in [-0.3, -0.25) is 4.21 Å². The molecule has 0 bridgehead atoms. The van der Waals surface area contributed by atoms with E-state index >= 15 is 0 Å². The standard InChI is InChI=1S/C24H29ClN4O2S/c25-19-8-6-18(7-9-19)17-4-1-13-29(14-10-17)23-26-20-5-2-15-32(31)21(20)22(27-23)28-24(16-30)11-3-12-24/h4,6-9,30H,1-3,5,10-16H2,(H,26,27,28)/t32-/m0/s1. The largest absolute Gasteiger partial charge is 0.394 e. The fourth-order valence-corrected chi connectivity index (χ4v) is 6.22. The summed E-state index contributed by atoms with van der Waals surface area (Å²) < 4.78 is 12.9. The molecule has 0 radical (unpaired) electrons. The molecule has 2 N–H and O–H groups in total. The highest BCUT2D eigenvalue weighted by Crippen LogP contribution is 2.38. The van der Waals surface area contributed by atoms with E-state index in [0.717, 1.165) is 73.6 Å². The van der Waals surface area contributed by atoms with Gasteiger partial charge in [0.1, 0.15) is 10.7 Å². The number of aliphatic hydroxyl groups is 1. The van der Waals surface area contributed by atoms with Crippen LogP contribution in [0.2, 0.25) is 5.02 Å². The Morgan fingerprint density at radius 2 is 1.94 bits per heavy atom. The van der Waals surface area contributed by atoms with E-state index < -0.39 is 10.8 Å². The lowest BCUT2D eigenvalue weighted by molar-refractivity contribution is 0.143. The molecule has 0 amide bonds. The molecule has 3 aliphatic rings. The molecule has 0 spiro atoms. The molecule has 170 valence electrons. The maximum atomic E-state index is 12.9. The summed E-state index contributed by atoms with van der Waals surface area (Å²) in [6.45, 7) is 1.72. The maximum Gasteiger partial charge on any atom is 0.227 e. The summed E-state index contributed by atoms with van der Waals surface area (Å²) >= 11 is 6.05. The van der Waals surface area contributed by atoms with E-state index in [1.807, 2.05) is 12.1 Å². The zero-order chi connectivity index (χ0) is 22.1. The van der Waals surface area contributed by atoms with Crippen molar-refractivity contribution in [3.05, 3.63) is 46.6 Å². The van der Waals surface area contributed by atoms with E-state index in [4.69, 9.17) is 21.6 Å². The van der Waals surface area contributed by atoms with E-state index in [1.54, 1.807) is 0 Å². The van der Waals surface area contributed by atoms with Crippen LogP contribution in [0.15, 0.2) is 35.2 Å². The van der Waals surface area contributed by atoms with E-state index in [1.165, 1.54) is 11.1 Å². The predicted octanol–water partition coefficient (Wildman–Crippen LogP) is 4.19. The maximum absolute atomic E-state index is 12.9. The van der Waals surface area contributed by atoms with Crippen LogP contribution in [-0.4, -0.2) is 50.3 Å². The molecular formula is C24H29ClN4O2S. The van der Waals surface area contributed by atoms with Crippen molar-refractivity contribution in [2.24, 2.45) is 0 Å². The number of anilines is 2. The summed E-state index contributed by atoms with van der Waals surface area (Å²) in [5.41, 5.74) is 3.07. The second-order valence-electron chi connectivity index (χ2n) is 8.98. The van der Waals surface area contributed by atoms with Gasteiger partial charge in [-0.25, -0.2) is 4.98 Å². The first-order valence-electron chi connectivity index (χ1n) is 11.5. The van der Waals surface area contributed by atoms with E-state index in [0.29, 0.717) is 17.5 Å². The van der Waals surface area contributed by atoms with E-state index in [9.17, 15) is 9.32 Å². The van der Waals surface area contributed by atoms with Gasteiger partial charge in [0.2, 0.25) is 5.95 Å². The van der Waals surface area contributed by atoms with Gasteiger partial charge in [0.25, 0.3) is 0 Å². The molecular weight excluding hydrogens is 444 g/mol. The number of hydrogen-bond acceptors (Lipinski definition) is 6. The van der Waals surface area contributed by atoms with Gasteiger partial charge >= 0.3 is 0 Å². The number of aliphatic hydroxyl groups excluding tert-OH is 1. The van der Waals surface area contributed by atoms with Crippen LogP contribution in [0, 0.1) is 0 Å². The number of aromatic nitrogens is 2. The quantitative estimate of drug-likeness (QED) is 0.679. The van der Waals surface area contributed by atoms with Crippen molar-refractivity contribution in [2.45, 2.75) is 55.4 Å². The third kappa shape index (κ3) is 4.30. The minimum absolute atomic E-state index is 0.0613. The van der Waals surface area contributed by atoms with Gasteiger partial charge in [-0.1, -0.05) is 29.8 Å². The first-order valence-corrected chi connectivity index (χ1v) is 13.1. The van der Waals surface area contributed by atoms with Crippen LogP contribution in [0.5, 0.6) is 0 Å². The number of hydrogen-bond donors (Lipinski definition) is 2. The van der Waals surface area contributed by atoms with Gasteiger partial charge < -0.3 is 15.3 Å². The van der Waals surface area contributed by atoms with Crippen molar-refractivity contribution in [1.29, 1.82) is 0 Å². The number of benzene rings is 1. The first-order chi connectivity index (χ1) is 15.6. The van der Waals surface area contributed by atoms with Crippen LogP contribution in [0.1, 0.15) is 49.8 Å².